The molecule has 118 valence electrons. The molecule has 0 unspecified atom stereocenters. The monoisotopic (exact) mass is 307 g/mol. The molecule has 23 heavy (non-hydrogen) atoms. The van der Waals surface area contributed by atoms with Gasteiger partial charge in [0.15, 0.2) is 0 Å². The number of hydrogen-bond donors (Lipinski definition) is 1. The van der Waals surface area contributed by atoms with Gasteiger partial charge in [-0.1, -0.05) is 44.2 Å². The zero-order valence-electron chi connectivity index (χ0n) is 13.5. The lowest BCUT2D eigenvalue weighted by Crippen LogP contribution is -2.05. The maximum absolute atomic E-state index is 5.70. The largest absolute Gasteiger partial charge is 0.421 e. The Hall–Kier alpha value is -2.62. The molecule has 3 rings (SSSR count). The summed E-state index contributed by atoms with van der Waals surface area (Å²) in [6, 6.07) is 18.4. The average Bonchev–Trinajstić information content (AvgIpc) is 3.05. The molecule has 4 heteroatoms. The van der Waals surface area contributed by atoms with E-state index in [1.807, 2.05) is 30.3 Å². The van der Waals surface area contributed by atoms with Crippen LogP contribution in [0.25, 0.3) is 11.5 Å². The standard InChI is InChI=1S/C19H21N3O/c1-14(2)15-8-10-17(11-9-15)20-13-12-18-21-22-19(23-18)16-6-4-3-5-7-16/h3-11,14,20H,12-13H2,1-2H3. The van der Waals surface area contributed by atoms with E-state index in [9.17, 15) is 0 Å². The number of benzene rings is 2. The van der Waals surface area contributed by atoms with E-state index < -0.39 is 0 Å². The van der Waals surface area contributed by atoms with E-state index in [0.717, 1.165) is 17.8 Å². The third-order valence-corrected chi connectivity index (χ3v) is 3.73. The van der Waals surface area contributed by atoms with Gasteiger partial charge in [-0.2, -0.15) is 0 Å². The van der Waals surface area contributed by atoms with Gasteiger partial charge in [0, 0.05) is 24.2 Å². The molecule has 0 aliphatic heterocycles. The summed E-state index contributed by atoms with van der Waals surface area (Å²) in [5.74, 6) is 1.77. The first kappa shape index (κ1) is 15.3. The zero-order chi connectivity index (χ0) is 16.1. The van der Waals surface area contributed by atoms with E-state index in [-0.39, 0.29) is 0 Å². The molecule has 0 fully saturated rings. The predicted octanol–water partition coefficient (Wildman–Crippen LogP) is 4.51. The summed E-state index contributed by atoms with van der Waals surface area (Å²) in [4.78, 5) is 0. The quantitative estimate of drug-likeness (QED) is 0.727. The van der Waals surface area contributed by atoms with Gasteiger partial charge < -0.3 is 9.73 Å². The number of anilines is 1. The molecule has 0 aliphatic rings. The molecule has 1 heterocycles. The van der Waals surface area contributed by atoms with Gasteiger partial charge in [0.1, 0.15) is 0 Å². The molecule has 0 radical (unpaired) electrons. The van der Waals surface area contributed by atoms with Crippen LogP contribution in [0.15, 0.2) is 59.0 Å². The van der Waals surface area contributed by atoms with Crippen LogP contribution in [0.5, 0.6) is 0 Å². The van der Waals surface area contributed by atoms with Gasteiger partial charge in [0.05, 0.1) is 0 Å². The lowest BCUT2D eigenvalue weighted by molar-refractivity contribution is 0.509. The second kappa shape index (κ2) is 7.09. The number of aromatic nitrogens is 2. The topological polar surface area (TPSA) is 51.0 Å². The van der Waals surface area contributed by atoms with Crippen molar-refractivity contribution in [2.45, 2.75) is 26.2 Å². The van der Waals surface area contributed by atoms with Crippen molar-refractivity contribution in [1.29, 1.82) is 0 Å². The Morgan fingerprint density at radius 2 is 1.70 bits per heavy atom. The molecule has 0 aliphatic carbocycles. The van der Waals surface area contributed by atoms with Crippen molar-refractivity contribution in [2.24, 2.45) is 0 Å². The third kappa shape index (κ3) is 3.97. The highest BCUT2D eigenvalue weighted by molar-refractivity contribution is 5.51. The summed E-state index contributed by atoms with van der Waals surface area (Å²) >= 11 is 0. The zero-order valence-corrected chi connectivity index (χ0v) is 13.5. The van der Waals surface area contributed by atoms with Crippen LogP contribution in [0.4, 0.5) is 5.69 Å². The predicted molar refractivity (Wildman–Crippen MR) is 92.5 cm³/mol. The van der Waals surface area contributed by atoms with Gasteiger partial charge in [-0.3, -0.25) is 0 Å². The van der Waals surface area contributed by atoms with Crippen molar-refractivity contribution in [2.75, 3.05) is 11.9 Å². The molecule has 0 saturated heterocycles. The van der Waals surface area contributed by atoms with Crippen LogP contribution in [-0.4, -0.2) is 16.7 Å². The van der Waals surface area contributed by atoms with Crippen molar-refractivity contribution in [1.82, 2.24) is 10.2 Å². The minimum atomic E-state index is 0.554. The van der Waals surface area contributed by atoms with Crippen LogP contribution in [0.3, 0.4) is 0 Å². The van der Waals surface area contributed by atoms with Crippen molar-refractivity contribution in [3.05, 3.63) is 66.1 Å². The van der Waals surface area contributed by atoms with Crippen LogP contribution in [0, 0.1) is 0 Å². The van der Waals surface area contributed by atoms with Gasteiger partial charge in [-0.05, 0) is 35.7 Å². The van der Waals surface area contributed by atoms with Crippen molar-refractivity contribution in [3.63, 3.8) is 0 Å². The summed E-state index contributed by atoms with van der Waals surface area (Å²) in [7, 11) is 0. The maximum Gasteiger partial charge on any atom is 0.247 e. The summed E-state index contributed by atoms with van der Waals surface area (Å²) in [5, 5.41) is 11.6. The Labute approximate surface area is 136 Å². The highest BCUT2D eigenvalue weighted by atomic mass is 16.4. The average molecular weight is 307 g/mol. The molecule has 1 N–H and O–H groups in total. The fourth-order valence-electron chi connectivity index (χ4n) is 2.35. The fraction of sp³-hybridized carbons (Fsp3) is 0.263. The minimum absolute atomic E-state index is 0.554. The number of nitrogens with one attached hydrogen (secondary N) is 1. The Morgan fingerprint density at radius 1 is 0.957 bits per heavy atom. The normalized spacial score (nSPS) is 10.9. The maximum atomic E-state index is 5.70. The van der Waals surface area contributed by atoms with Crippen LogP contribution in [0.2, 0.25) is 0 Å². The van der Waals surface area contributed by atoms with Gasteiger partial charge >= 0.3 is 0 Å². The molecule has 4 nitrogen and oxygen atoms in total. The summed E-state index contributed by atoms with van der Waals surface area (Å²) in [6.07, 6.45) is 0.700. The molecule has 3 aromatic rings. The minimum Gasteiger partial charge on any atom is -0.421 e. The van der Waals surface area contributed by atoms with E-state index in [1.165, 1.54) is 5.56 Å². The SMILES string of the molecule is CC(C)c1ccc(NCCc2nnc(-c3ccccc3)o2)cc1. The molecular formula is C19H21N3O. The Bertz CT molecular complexity index is 733. The second-order valence-electron chi connectivity index (χ2n) is 5.82. The summed E-state index contributed by atoms with van der Waals surface area (Å²) < 4.78 is 5.70. The number of rotatable bonds is 6. The fourth-order valence-corrected chi connectivity index (χ4v) is 2.35. The van der Waals surface area contributed by atoms with Gasteiger partial charge in [-0.15, -0.1) is 10.2 Å². The first-order valence-corrected chi connectivity index (χ1v) is 7.94. The highest BCUT2D eigenvalue weighted by Crippen LogP contribution is 2.18. The number of hydrogen-bond acceptors (Lipinski definition) is 4. The summed E-state index contributed by atoms with van der Waals surface area (Å²) in [6.45, 7) is 5.15. The van der Waals surface area contributed by atoms with Gasteiger partial charge in [-0.25, -0.2) is 0 Å². The third-order valence-electron chi connectivity index (χ3n) is 3.73. The Kier molecular flexibility index (Phi) is 4.71. The van der Waals surface area contributed by atoms with Crippen molar-refractivity contribution in [3.8, 4) is 11.5 Å². The molecule has 0 bridgehead atoms. The molecule has 2 aromatic carbocycles. The molecule has 1 aromatic heterocycles. The molecule has 0 spiro atoms. The smallest absolute Gasteiger partial charge is 0.247 e. The Morgan fingerprint density at radius 3 is 2.39 bits per heavy atom. The lowest BCUT2D eigenvalue weighted by Gasteiger charge is -2.08. The number of nitrogens with zero attached hydrogens (tertiary/aromatic N) is 2. The molecular weight excluding hydrogens is 286 g/mol. The molecule has 0 saturated carbocycles. The summed E-state index contributed by atoms with van der Waals surface area (Å²) in [5.41, 5.74) is 3.40. The van der Waals surface area contributed by atoms with Crippen LogP contribution < -0.4 is 5.32 Å². The van der Waals surface area contributed by atoms with Crippen LogP contribution in [0.1, 0.15) is 31.2 Å². The first-order chi connectivity index (χ1) is 11.2. The van der Waals surface area contributed by atoms with E-state index >= 15 is 0 Å². The van der Waals surface area contributed by atoms with E-state index in [1.54, 1.807) is 0 Å². The molecule has 0 amide bonds. The lowest BCUT2D eigenvalue weighted by atomic mass is 10.0. The van der Waals surface area contributed by atoms with E-state index in [4.69, 9.17) is 4.42 Å². The van der Waals surface area contributed by atoms with Crippen LogP contribution >= 0.6 is 0 Å². The Balaban J connectivity index is 1.54. The van der Waals surface area contributed by atoms with Gasteiger partial charge in [0.25, 0.3) is 0 Å². The van der Waals surface area contributed by atoms with E-state index in [0.29, 0.717) is 24.1 Å². The first-order valence-electron chi connectivity index (χ1n) is 7.94. The molecule has 0 atom stereocenters. The van der Waals surface area contributed by atoms with Crippen LogP contribution in [-0.2, 0) is 6.42 Å². The second-order valence-corrected chi connectivity index (χ2v) is 5.82. The highest BCUT2D eigenvalue weighted by Gasteiger charge is 2.07. The van der Waals surface area contributed by atoms with Gasteiger partial charge in [0.2, 0.25) is 11.8 Å². The van der Waals surface area contributed by atoms with Crippen molar-refractivity contribution < 1.29 is 4.42 Å². The van der Waals surface area contributed by atoms with E-state index in [2.05, 4.69) is 53.6 Å². The van der Waals surface area contributed by atoms with Crippen molar-refractivity contribution >= 4 is 5.69 Å².